The average molecular weight is 354 g/mol. The molecule has 3 heterocycles. The number of aryl methyl sites for hydroxylation is 1. The van der Waals surface area contributed by atoms with Crippen molar-refractivity contribution < 1.29 is 9.53 Å². The first-order valence-electron chi connectivity index (χ1n) is 8.92. The maximum absolute atomic E-state index is 11.9. The Morgan fingerprint density at radius 3 is 2.73 bits per heavy atom. The number of hydrogen-bond acceptors (Lipinski definition) is 6. The molecule has 2 aliphatic heterocycles. The number of benzene rings is 1. The highest BCUT2D eigenvalue weighted by Gasteiger charge is 2.28. The lowest BCUT2D eigenvalue weighted by atomic mass is 10.1. The van der Waals surface area contributed by atoms with Crippen molar-refractivity contribution in [1.82, 2.24) is 24.6 Å². The van der Waals surface area contributed by atoms with Crippen molar-refractivity contribution in [2.24, 2.45) is 4.99 Å². The summed E-state index contributed by atoms with van der Waals surface area (Å²) < 4.78 is 6.94. The molecule has 0 unspecified atom stereocenters. The van der Waals surface area contributed by atoms with E-state index >= 15 is 0 Å². The second kappa shape index (κ2) is 6.78. The van der Waals surface area contributed by atoms with Crippen LogP contribution in [0.15, 0.2) is 29.3 Å². The average Bonchev–Trinajstić information content (AvgIpc) is 2.94. The van der Waals surface area contributed by atoms with Crippen molar-refractivity contribution in [2.75, 3.05) is 32.8 Å². The first-order valence-corrected chi connectivity index (χ1v) is 8.92. The number of aliphatic imine (C=N–C) groups is 1. The van der Waals surface area contributed by atoms with Gasteiger partial charge < -0.3 is 14.5 Å². The molecule has 0 bridgehead atoms. The Labute approximate surface area is 152 Å². The molecule has 4 rings (SSSR count). The van der Waals surface area contributed by atoms with Crippen LogP contribution in [-0.2, 0) is 11.2 Å². The smallest absolute Gasteiger partial charge is 0.409 e. The van der Waals surface area contributed by atoms with Crippen molar-refractivity contribution in [2.45, 2.75) is 20.3 Å². The van der Waals surface area contributed by atoms with Gasteiger partial charge in [0, 0.05) is 32.6 Å². The summed E-state index contributed by atoms with van der Waals surface area (Å²) in [4.78, 5) is 25.3. The Hall–Kier alpha value is -2.90. The second-order valence-corrected chi connectivity index (χ2v) is 6.38. The number of rotatable bonds is 1. The Balaban J connectivity index is 1.63. The third-order valence-electron chi connectivity index (χ3n) is 4.62. The zero-order valence-corrected chi connectivity index (χ0v) is 15.1. The number of aromatic nitrogens is 3. The van der Waals surface area contributed by atoms with Gasteiger partial charge in [0.1, 0.15) is 11.6 Å². The van der Waals surface area contributed by atoms with Crippen molar-refractivity contribution >= 4 is 17.7 Å². The molecule has 8 heteroatoms. The fraction of sp³-hybridized carbons (Fsp3) is 0.444. The van der Waals surface area contributed by atoms with E-state index in [4.69, 9.17) is 9.73 Å². The summed E-state index contributed by atoms with van der Waals surface area (Å²) in [7, 11) is 0. The molecule has 1 amide bonds. The van der Waals surface area contributed by atoms with Gasteiger partial charge in [0.05, 0.1) is 12.3 Å². The van der Waals surface area contributed by atoms with Crippen molar-refractivity contribution in [3.05, 3.63) is 41.5 Å². The van der Waals surface area contributed by atoms with Crippen LogP contribution in [0.2, 0.25) is 0 Å². The van der Waals surface area contributed by atoms with Gasteiger partial charge in [-0.25, -0.2) is 14.8 Å². The first kappa shape index (κ1) is 16.6. The third-order valence-corrected chi connectivity index (χ3v) is 4.62. The third kappa shape index (κ3) is 3.02. The summed E-state index contributed by atoms with van der Waals surface area (Å²) in [6.45, 7) is 6.66. The number of nitrogens with zero attached hydrogens (tertiary/aromatic N) is 6. The molecular formula is C18H22N6O2. The number of piperazine rings is 1. The van der Waals surface area contributed by atoms with Gasteiger partial charge in [-0.15, -0.1) is 5.10 Å². The summed E-state index contributed by atoms with van der Waals surface area (Å²) in [5.41, 5.74) is 2.08. The molecule has 0 saturated carbocycles. The number of fused-ring (bicyclic) bond motifs is 2. The molecule has 0 spiro atoms. The first-order chi connectivity index (χ1) is 12.7. The van der Waals surface area contributed by atoms with Gasteiger partial charge in [0.15, 0.2) is 0 Å². The van der Waals surface area contributed by atoms with Crippen LogP contribution < -0.4 is 0 Å². The lowest BCUT2D eigenvalue weighted by molar-refractivity contribution is 0.0914. The molecule has 0 atom stereocenters. The Morgan fingerprint density at radius 1 is 1.19 bits per heavy atom. The highest BCUT2D eigenvalue weighted by molar-refractivity contribution is 5.86. The van der Waals surface area contributed by atoms with Crippen LogP contribution in [0.3, 0.4) is 0 Å². The van der Waals surface area contributed by atoms with Gasteiger partial charge in [-0.3, -0.25) is 0 Å². The Bertz CT molecular complexity index is 851. The molecule has 26 heavy (non-hydrogen) atoms. The molecule has 2 aliphatic rings. The molecule has 136 valence electrons. The number of hydrogen-bond donors (Lipinski definition) is 0. The van der Waals surface area contributed by atoms with Gasteiger partial charge >= 0.3 is 6.09 Å². The number of carbonyl (C=O) groups excluding carboxylic acids is 1. The minimum absolute atomic E-state index is 0.252. The van der Waals surface area contributed by atoms with Crippen LogP contribution in [0.1, 0.15) is 24.1 Å². The topological polar surface area (TPSA) is 75.8 Å². The van der Waals surface area contributed by atoms with E-state index < -0.39 is 0 Å². The Kier molecular flexibility index (Phi) is 4.32. The van der Waals surface area contributed by atoms with E-state index in [9.17, 15) is 4.79 Å². The second-order valence-electron chi connectivity index (χ2n) is 6.38. The number of ether oxygens (including phenoxy) is 1. The summed E-state index contributed by atoms with van der Waals surface area (Å²) in [6, 6.07) is 8.11. The predicted octanol–water partition coefficient (Wildman–Crippen LogP) is 1.80. The van der Waals surface area contributed by atoms with Gasteiger partial charge in [-0.05, 0) is 25.5 Å². The monoisotopic (exact) mass is 354 g/mol. The molecule has 0 radical (unpaired) electrons. The minimum atomic E-state index is -0.252. The molecule has 2 aromatic rings. The van der Waals surface area contributed by atoms with E-state index in [-0.39, 0.29) is 6.09 Å². The van der Waals surface area contributed by atoms with Gasteiger partial charge in [0.2, 0.25) is 5.96 Å². The fourth-order valence-corrected chi connectivity index (χ4v) is 3.34. The quantitative estimate of drug-likeness (QED) is 0.781. The van der Waals surface area contributed by atoms with Gasteiger partial charge in [-0.2, -0.15) is 4.68 Å². The summed E-state index contributed by atoms with van der Waals surface area (Å²) in [6.07, 6.45) is 0.449. The molecule has 1 saturated heterocycles. The summed E-state index contributed by atoms with van der Waals surface area (Å²) in [5, 5.41) is 4.56. The van der Waals surface area contributed by atoms with Crippen LogP contribution in [0, 0.1) is 6.92 Å². The van der Waals surface area contributed by atoms with Crippen LogP contribution in [-0.4, -0.2) is 69.4 Å². The van der Waals surface area contributed by atoms with E-state index in [0.717, 1.165) is 28.9 Å². The highest BCUT2D eigenvalue weighted by atomic mass is 16.6. The number of amides is 1. The molecule has 1 aromatic carbocycles. The van der Waals surface area contributed by atoms with Crippen molar-refractivity contribution in [3.8, 4) is 0 Å². The van der Waals surface area contributed by atoms with Gasteiger partial charge in [0.25, 0.3) is 0 Å². The van der Waals surface area contributed by atoms with Crippen LogP contribution in [0.25, 0.3) is 0 Å². The van der Waals surface area contributed by atoms with E-state index in [0.29, 0.717) is 39.2 Å². The Morgan fingerprint density at radius 2 is 1.96 bits per heavy atom. The van der Waals surface area contributed by atoms with Crippen LogP contribution in [0.4, 0.5) is 10.5 Å². The largest absolute Gasteiger partial charge is 0.450 e. The highest BCUT2D eigenvalue weighted by Crippen LogP contribution is 2.26. The van der Waals surface area contributed by atoms with E-state index in [1.807, 2.05) is 36.7 Å². The number of carbonyl (C=O) groups is 1. The fourth-order valence-electron chi connectivity index (χ4n) is 3.34. The molecular weight excluding hydrogens is 332 g/mol. The van der Waals surface area contributed by atoms with Crippen LogP contribution in [0.5, 0.6) is 0 Å². The summed E-state index contributed by atoms with van der Waals surface area (Å²) in [5.74, 6) is 2.39. The lowest BCUT2D eigenvalue weighted by Crippen LogP contribution is -2.52. The predicted molar refractivity (Wildman–Crippen MR) is 96.7 cm³/mol. The zero-order chi connectivity index (χ0) is 18.1. The maximum atomic E-state index is 11.9. The van der Waals surface area contributed by atoms with E-state index in [1.165, 1.54) is 0 Å². The van der Waals surface area contributed by atoms with Gasteiger partial charge in [-0.1, -0.05) is 18.2 Å². The molecule has 1 aromatic heterocycles. The van der Waals surface area contributed by atoms with E-state index in [1.54, 1.807) is 4.90 Å². The van der Waals surface area contributed by atoms with Crippen LogP contribution >= 0.6 is 0 Å². The summed E-state index contributed by atoms with van der Waals surface area (Å²) >= 11 is 0. The minimum Gasteiger partial charge on any atom is -0.450 e. The molecule has 1 fully saturated rings. The SMILES string of the molecule is CCOC(=O)N1CCN(C2=Nc3ccccc3Cc3nc(C)nn32)CC1. The lowest BCUT2D eigenvalue weighted by Gasteiger charge is -2.35. The molecule has 8 nitrogen and oxygen atoms in total. The molecule has 0 aliphatic carbocycles. The maximum Gasteiger partial charge on any atom is 0.409 e. The molecule has 0 N–H and O–H groups in total. The van der Waals surface area contributed by atoms with Crippen molar-refractivity contribution in [1.29, 1.82) is 0 Å². The number of para-hydroxylation sites is 1. The standard InChI is InChI=1S/C18H22N6O2/c1-3-26-18(25)23-10-8-22(9-11-23)17-20-15-7-5-4-6-14(15)12-16-19-13(2)21-24(16)17/h4-7H,3,8-12H2,1-2H3. The van der Waals surface area contributed by atoms with Crippen molar-refractivity contribution in [3.63, 3.8) is 0 Å². The van der Waals surface area contributed by atoms with E-state index in [2.05, 4.69) is 21.0 Å². The normalized spacial score (nSPS) is 16.5. The zero-order valence-electron chi connectivity index (χ0n) is 15.1.